The van der Waals surface area contributed by atoms with Gasteiger partial charge in [0.05, 0.1) is 0 Å². The standard InChI is InChI=1S/C7H6ClO.Li/c1-9-7-4-2-3-6(8)5-7;/h2-3,5H,1H3;. The third kappa shape index (κ3) is 1.70. The predicted octanol–water partition coefficient (Wildman–Crippen LogP) is 1.14. The van der Waals surface area contributed by atoms with Crippen molar-refractivity contribution >= 4 is 33.6 Å². The molecule has 0 aromatic heterocycles. The Morgan fingerprint density at radius 3 is 2.70 bits per heavy atom. The van der Waals surface area contributed by atoms with Gasteiger partial charge in [0.25, 0.3) is 0 Å². The first-order chi connectivity index (χ1) is 4.74. The zero-order chi connectivity index (χ0) is 7.56. The molecule has 1 aromatic rings. The van der Waals surface area contributed by atoms with Gasteiger partial charge in [0.2, 0.25) is 0 Å². The van der Waals surface area contributed by atoms with Crippen LogP contribution in [0.4, 0.5) is 0 Å². The van der Waals surface area contributed by atoms with E-state index in [4.69, 9.17) is 16.3 Å². The molecule has 0 atom stereocenters. The molecule has 0 aliphatic rings. The molecule has 3 heteroatoms. The molecule has 0 unspecified atom stereocenters. The van der Waals surface area contributed by atoms with Crippen molar-refractivity contribution in [2.45, 2.75) is 0 Å². The second-order valence-corrected chi connectivity index (χ2v) is 2.55. The zero-order valence-electron chi connectivity index (χ0n) is 6.02. The van der Waals surface area contributed by atoms with Crippen molar-refractivity contribution < 1.29 is 4.74 Å². The fourth-order valence-electron chi connectivity index (χ4n) is 0.794. The van der Waals surface area contributed by atoms with Gasteiger partial charge < -0.3 is 0 Å². The molecular weight excluding hydrogens is 142 g/mol. The fourth-order valence-corrected chi connectivity index (χ4v) is 0.956. The van der Waals surface area contributed by atoms with Crippen molar-refractivity contribution in [2.24, 2.45) is 0 Å². The molecule has 0 saturated carbocycles. The molecule has 0 amide bonds. The third-order valence-electron chi connectivity index (χ3n) is 1.37. The van der Waals surface area contributed by atoms with Gasteiger partial charge in [0.15, 0.2) is 0 Å². The van der Waals surface area contributed by atoms with E-state index >= 15 is 0 Å². The SMILES string of the molecule is [Li][c]1ccc(Cl)cc1OC. The first-order valence-corrected chi connectivity index (χ1v) is 3.42. The molecule has 0 aliphatic heterocycles. The Hall–Kier alpha value is -0.0926. The Morgan fingerprint density at radius 1 is 1.50 bits per heavy atom. The monoisotopic (exact) mass is 148 g/mol. The first-order valence-electron chi connectivity index (χ1n) is 3.04. The van der Waals surface area contributed by atoms with Crippen molar-refractivity contribution in [2.75, 3.05) is 7.11 Å². The van der Waals surface area contributed by atoms with Crippen LogP contribution in [0.25, 0.3) is 0 Å². The number of halogens is 1. The molecule has 0 aliphatic carbocycles. The number of rotatable bonds is 1. The second-order valence-electron chi connectivity index (χ2n) is 2.11. The van der Waals surface area contributed by atoms with Crippen molar-refractivity contribution in [3.05, 3.63) is 23.2 Å². The van der Waals surface area contributed by atoms with Gasteiger partial charge in [-0.2, -0.15) is 0 Å². The molecule has 0 saturated heterocycles. The summed E-state index contributed by atoms with van der Waals surface area (Å²) in [6.45, 7) is 0. The molecule has 0 fully saturated rings. The van der Waals surface area contributed by atoms with Crippen LogP contribution >= 0.6 is 11.6 Å². The summed E-state index contributed by atoms with van der Waals surface area (Å²) in [5.74, 6) is 0.840. The average molecular weight is 149 g/mol. The summed E-state index contributed by atoms with van der Waals surface area (Å²) in [6.07, 6.45) is 0. The maximum absolute atomic E-state index is 5.72. The Labute approximate surface area is 74.5 Å². The minimum atomic E-state index is 0.711. The van der Waals surface area contributed by atoms with Crippen molar-refractivity contribution in [1.82, 2.24) is 0 Å². The Bertz CT molecular complexity index is 237. The molecule has 10 heavy (non-hydrogen) atoms. The van der Waals surface area contributed by atoms with Crippen LogP contribution in [0.1, 0.15) is 0 Å². The van der Waals surface area contributed by atoms with E-state index in [1.165, 1.54) is 0 Å². The van der Waals surface area contributed by atoms with Gasteiger partial charge in [-0.1, -0.05) is 0 Å². The summed E-state index contributed by atoms with van der Waals surface area (Å²) in [4.78, 5) is 0. The summed E-state index contributed by atoms with van der Waals surface area (Å²) in [5.41, 5.74) is 0. The van der Waals surface area contributed by atoms with E-state index < -0.39 is 0 Å². The topological polar surface area (TPSA) is 9.23 Å². The van der Waals surface area contributed by atoms with Crippen LogP contribution in [0.3, 0.4) is 0 Å². The van der Waals surface area contributed by atoms with Crippen LogP contribution in [-0.4, -0.2) is 24.8 Å². The van der Waals surface area contributed by atoms with Gasteiger partial charge in [-0.15, -0.1) is 0 Å². The van der Waals surface area contributed by atoms with Crippen LogP contribution in [-0.2, 0) is 0 Å². The van der Waals surface area contributed by atoms with Gasteiger partial charge >= 0.3 is 74.4 Å². The number of hydrogen-bond acceptors (Lipinski definition) is 1. The van der Waals surface area contributed by atoms with E-state index in [0.29, 0.717) is 5.02 Å². The van der Waals surface area contributed by atoms with E-state index in [9.17, 15) is 0 Å². The Kier molecular flexibility index (Phi) is 2.68. The van der Waals surface area contributed by atoms with E-state index in [0.717, 1.165) is 9.99 Å². The van der Waals surface area contributed by atoms with E-state index in [1.54, 1.807) is 13.2 Å². The van der Waals surface area contributed by atoms with Crippen LogP contribution in [0.2, 0.25) is 5.02 Å². The molecular formula is C7H6ClLiO. The number of ether oxygens (including phenoxy) is 1. The molecule has 48 valence electrons. The van der Waals surface area contributed by atoms with Gasteiger partial charge in [-0.25, -0.2) is 0 Å². The van der Waals surface area contributed by atoms with Gasteiger partial charge in [-0.05, 0) is 0 Å². The van der Waals surface area contributed by atoms with Crippen molar-refractivity contribution in [3.63, 3.8) is 0 Å². The molecule has 0 heterocycles. The van der Waals surface area contributed by atoms with E-state index in [1.807, 2.05) is 29.8 Å². The summed E-state index contributed by atoms with van der Waals surface area (Å²) >= 11 is 7.70. The predicted molar refractivity (Wildman–Crippen MR) is 43.4 cm³/mol. The average Bonchev–Trinajstić information content (AvgIpc) is 1.94. The summed E-state index contributed by atoms with van der Waals surface area (Å²) < 4.78 is 6.14. The second kappa shape index (κ2) is 3.34. The molecule has 0 N–H and O–H groups in total. The summed E-state index contributed by atoms with van der Waals surface area (Å²) in [5, 5.41) is 0.711. The zero-order valence-corrected chi connectivity index (χ0v) is 6.77. The maximum atomic E-state index is 5.72. The quantitative estimate of drug-likeness (QED) is 0.543. The van der Waals surface area contributed by atoms with Crippen LogP contribution < -0.4 is 8.97 Å². The molecule has 0 spiro atoms. The van der Waals surface area contributed by atoms with Crippen LogP contribution in [0, 0.1) is 0 Å². The summed E-state index contributed by atoms with van der Waals surface area (Å²) in [6, 6.07) is 5.58. The van der Waals surface area contributed by atoms with Crippen molar-refractivity contribution in [1.29, 1.82) is 0 Å². The number of hydrogen-bond donors (Lipinski definition) is 0. The number of benzene rings is 1. The van der Waals surface area contributed by atoms with Gasteiger partial charge in [-0.3, -0.25) is 0 Å². The molecule has 1 aromatic carbocycles. The molecule has 0 bridgehead atoms. The van der Waals surface area contributed by atoms with Gasteiger partial charge in [0.1, 0.15) is 0 Å². The number of methoxy groups -OCH3 is 1. The van der Waals surface area contributed by atoms with Crippen molar-refractivity contribution in [3.8, 4) is 5.75 Å². The Morgan fingerprint density at radius 2 is 2.20 bits per heavy atom. The summed E-state index contributed by atoms with van der Waals surface area (Å²) in [7, 11) is 1.64. The molecule has 1 rings (SSSR count). The van der Waals surface area contributed by atoms with Crippen LogP contribution in [0.15, 0.2) is 18.2 Å². The fraction of sp³-hybridized carbons (Fsp3) is 0.143. The third-order valence-corrected chi connectivity index (χ3v) is 1.61. The Balaban J connectivity index is 3.09. The minimum absolute atomic E-state index is 0.711. The van der Waals surface area contributed by atoms with Gasteiger partial charge in [0, 0.05) is 0 Å². The van der Waals surface area contributed by atoms with E-state index in [-0.39, 0.29) is 0 Å². The van der Waals surface area contributed by atoms with Crippen LogP contribution in [0.5, 0.6) is 5.75 Å². The van der Waals surface area contributed by atoms with E-state index in [2.05, 4.69) is 0 Å². The molecule has 1 nitrogen and oxygen atoms in total. The molecule has 0 radical (unpaired) electrons. The first kappa shape index (κ1) is 8.01. The normalized spacial score (nSPS) is 9.60.